The maximum Gasteiger partial charge on any atom is 0.256 e. The molecule has 5 aromatic heterocycles. The molecule has 3 atom stereocenters. The third-order valence-electron chi connectivity index (χ3n) is 13.1. The number of hydrogen-bond acceptors (Lipinski definition) is 10. The molecule has 318 valence electrons. The quantitative estimate of drug-likeness (QED) is 0.104. The van der Waals surface area contributed by atoms with Crippen LogP contribution in [-0.4, -0.2) is 113 Å². The monoisotopic (exact) mass is 831 g/mol. The van der Waals surface area contributed by atoms with Crippen molar-refractivity contribution < 1.29 is 9.59 Å². The van der Waals surface area contributed by atoms with E-state index in [1.165, 1.54) is 5.56 Å². The molecule has 15 nitrogen and oxygen atoms in total. The number of fused-ring (bicyclic) bond motifs is 4. The number of amides is 2. The Morgan fingerprint density at radius 3 is 2.34 bits per heavy atom. The van der Waals surface area contributed by atoms with Crippen LogP contribution in [0.4, 0.5) is 0 Å². The zero-order valence-electron chi connectivity index (χ0n) is 35.3. The fourth-order valence-corrected chi connectivity index (χ4v) is 10.0. The van der Waals surface area contributed by atoms with E-state index in [0.29, 0.717) is 55.8 Å². The molecule has 3 unspecified atom stereocenters. The van der Waals surface area contributed by atoms with Crippen molar-refractivity contribution in [3.05, 3.63) is 136 Å². The van der Waals surface area contributed by atoms with Crippen molar-refractivity contribution in [3.8, 4) is 0 Å². The maximum absolute atomic E-state index is 14.8. The van der Waals surface area contributed by atoms with E-state index >= 15 is 0 Å². The molecule has 6 heterocycles. The third kappa shape index (κ3) is 7.76. The number of aryl methyl sites for hydroxylation is 1. The largest absolute Gasteiger partial charge is 0.352 e. The number of aromatic nitrogens is 8. The van der Waals surface area contributed by atoms with Crippen molar-refractivity contribution in [2.75, 3.05) is 46.8 Å². The standard InChI is InChI=1S/C47H53N13O2/c1-58(37-12-3-7-29-8-5-18-50-42(29)37)27-40-55-36-15-13-32(41(45(36)57-40)47(62)60-23-21-48-22-24-60)31-14-16-38(44-33(31)10-6-19-51-44)59(2)26-39-54-35-11-4-9-34(43(35)56-39)46(61)52-20-17-30-25-49-28-53-30/h4-6,8-11,13,15,18-19,25,28,31,37-38,48H,3,7,12,14,16-17,20-24,26-27H2,1-2H3,(H,49,53)(H,52,61)(H,54,56)(H,55,57). The minimum atomic E-state index is -0.160. The van der Waals surface area contributed by atoms with Crippen LogP contribution in [0.2, 0.25) is 0 Å². The normalized spacial score (nSPS) is 19.0. The minimum Gasteiger partial charge on any atom is -0.352 e. The number of imidazole rings is 3. The molecule has 1 aliphatic heterocycles. The van der Waals surface area contributed by atoms with Crippen LogP contribution in [0.3, 0.4) is 0 Å². The van der Waals surface area contributed by atoms with Gasteiger partial charge in [0.2, 0.25) is 0 Å². The summed E-state index contributed by atoms with van der Waals surface area (Å²) >= 11 is 0. The van der Waals surface area contributed by atoms with Crippen LogP contribution in [0.5, 0.6) is 0 Å². The van der Waals surface area contributed by atoms with Gasteiger partial charge in [0.05, 0.1) is 65.0 Å². The Labute approximate surface area is 360 Å². The van der Waals surface area contributed by atoms with Gasteiger partial charge in [-0.25, -0.2) is 15.0 Å². The molecule has 2 aromatic carbocycles. The van der Waals surface area contributed by atoms with Crippen LogP contribution in [0, 0.1) is 0 Å². The predicted molar refractivity (Wildman–Crippen MR) is 236 cm³/mol. The molecular weight excluding hydrogens is 779 g/mol. The summed E-state index contributed by atoms with van der Waals surface area (Å²) in [5.41, 5.74) is 10.9. The summed E-state index contributed by atoms with van der Waals surface area (Å²) in [7, 11) is 4.26. The molecule has 5 N–H and O–H groups in total. The molecule has 15 heteroatoms. The van der Waals surface area contributed by atoms with Gasteiger partial charge in [0.1, 0.15) is 22.7 Å². The first-order chi connectivity index (χ1) is 30.4. The van der Waals surface area contributed by atoms with Crippen molar-refractivity contribution in [1.29, 1.82) is 0 Å². The lowest BCUT2D eigenvalue weighted by molar-refractivity contribution is 0.0735. The number of H-pyrrole nitrogens is 3. The first-order valence-electron chi connectivity index (χ1n) is 21.9. The molecule has 0 radical (unpaired) electrons. The van der Waals surface area contributed by atoms with E-state index in [1.54, 1.807) is 12.5 Å². The summed E-state index contributed by atoms with van der Waals surface area (Å²) in [6, 6.07) is 18.6. The molecule has 2 aliphatic carbocycles. The van der Waals surface area contributed by atoms with Gasteiger partial charge >= 0.3 is 0 Å². The number of rotatable bonds is 12. The molecule has 1 fully saturated rings. The Kier molecular flexibility index (Phi) is 11.1. The highest BCUT2D eigenvalue weighted by molar-refractivity contribution is 6.07. The fraction of sp³-hybridized carbons (Fsp3) is 0.383. The number of para-hydroxylation sites is 1. The lowest BCUT2D eigenvalue weighted by Crippen LogP contribution is -2.46. The van der Waals surface area contributed by atoms with E-state index in [1.807, 2.05) is 47.6 Å². The lowest BCUT2D eigenvalue weighted by atomic mass is 9.77. The van der Waals surface area contributed by atoms with E-state index in [-0.39, 0.29) is 29.8 Å². The van der Waals surface area contributed by atoms with Crippen molar-refractivity contribution in [2.24, 2.45) is 0 Å². The van der Waals surface area contributed by atoms with Gasteiger partial charge in [-0.1, -0.05) is 24.3 Å². The number of hydrogen-bond donors (Lipinski definition) is 5. The van der Waals surface area contributed by atoms with Crippen molar-refractivity contribution >= 4 is 33.9 Å². The number of piperazine rings is 1. The minimum absolute atomic E-state index is 0.0175. The summed E-state index contributed by atoms with van der Waals surface area (Å²) in [6.07, 6.45) is 12.7. The highest BCUT2D eigenvalue weighted by Gasteiger charge is 2.36. The van der Waals surface area contributed by atoms with Gasteiger partial charge in [0, 0.05) is 69.3 Å². The molecule has 2 amide bonds. The first kappa shape index (κ1) is 39.8. The van der Waals surface area contributed by atoms with Gasteiger partial charge in [-0.05, 0) is 93.2 Å². The molecule has 62 heavy (non-hydrogen) atoms. The number of nitrogens with one attached hydrogen (secondary N) is 5. The van der Waals surface area contributed by atoms with Gasteiger partial charge in [0.15, 0.2) is 0 Å². The number of carbonyl (C=O) groups is 2. The SMILES string of the molecule is CN(Cc1nc2c(C(=O)N3CCNCC3)c(C3CCC(N(C)Cc4nc5c(C(=O)NCCc6cnc[nH]6)cccc5[nH]4)c4ncccc43)ccc2[nH]1)C1CCCc2cccnc21. The first-order valence-corrected chi connectivity index (χ1v) is 21.9. The Bertz CT molecular complexity index is 2720. The molecular formula is C47H53N13O2. The van der Waals surface area contributed by atoms with E-state index in [4.69, 9.17) is 19.9 Å². The molecule has 0 spiro atoms. The van der Waals surface area contributed by atoms with Gasteiger partial charge in [-0.3, -0.25) is 29.4 Å². The summed E-state index contributed by atoms with van der Waals surface area (Å²) < 4.78 is 0. The number of pyridine rings is 2. The summed E-state index contributed by atoms with van der Waals surface area (Å²) in [4.78, 5) is 68.9. The second-order valence-corrected chi connectivity index (χ2v) is 17.0. The van der Waals surface area contributed by atoms with Crippen LogP contribution in [-0.2, 0) is 25.9 Å². The number of carbonyl (C=O) groups excluding carboxylic acids is 2. The molecule has 0 bridgehead atoms. The fourth-order valence-electron chi connectivity index (χ4n) is 10.0. The Hall–Kier alpha value is -6.29. The van der Waals surface area contributed by atoms with Crippen LogP contribution in [0.15, 0.2) is 79.5 Å². The number of benzene rings is 2. The van der Waals surface area contributed by atoms with Gasteiger partial charge in [0.25, 0.3) is 11.8 Å². The topological polar surface area (TPSA) is 180 Å². The average Bonchev–Trinajstić information content (AvgIpc) is 4.08. The smallest absolute Gasteiger partial charge is 0.256 e. The van der Waals surface area contributed by atoms with Crippen LogP contribution in [0.25, 0.3) is 22.1 Å². The van der Waals surface area contributed by atoms with Crippen molar-refractivity contribution in [3.63, 3.8) is 0 Å². The van der Waals surface area contributed by atoms with E-state index in [2.05, 4.69) is 78.7 Å². The zero-order valence-corrected chi connectivity index (χ0v) is 35.3. The third-order valence-corrected chi connectivity index (χ3v) is 13.1. The molecule has 1 saturated heterocycles. The predicted octanol–water partition coefficient (Wildman–Crippen LogP) is 5.58. The van der Waals surface area contributed by atoms with Crippen LogP contribution in [0.1, 0.15) is 110 Å². The second kappa shape index (κ2) is 17.2. The Balaban J connectivity index is 0.919. The van der Waals surface area contributed by atoms with Gasteiger partial charge < -0.3 is 30.5 Å². The summed E-state index contributed by atoms with van der Waals surface area (Å²) in [5, 5.41) is 6.43. The highest BCUT2D eigenvalue weighted by atomic mass is 16.2. The highest BCUT2D eigenvalue weighted by Crippen LogP contribution is 2.45. The summed E-state index contributed by atoms with van der Waals surface area (Å²) in [6.45, 7) is 4.47. The van der Waals surface area contributed by atoms with E-state index in [0.717, 1.165) is 102 Å². The van der Waals surface area contributed by atoms with Crippen LogP contribution >= 0.6 is 0 Å². The second-order valence-electron chi connectivity index (χ2n) is 17.0. The Morgan fingerprint density at radius 1 is 0.806 bits per heavy atom. The van der Waals surface area contributed by atoms with Crippen molar-refractivity contribution in [1.82, 2.24) is 65.2 Å². The average molecular weight is 832 g/mol. The van der Waals surface area contributed by atoms with E-state index < -0.39 is 0 Å². The molecule has 10 rings (SSSR count). The lowest BCUT2D eigenvalue weighted by Gasteiger charge is -2.36. The van der Waals surface area contributed by atoms with Crippen LogP contribution < -0.4 is 10.6 Å². The zero-order chi connectivity index (χ0) is 42.2. The Morgan fingerprint density at radius 2 is 1.55 bits per heavy atom. The maximum atomic E-state index is 14.8. The van der Waals surface area contributed by atoms with E-state index in [9.17, 15) is 9.59 Å². The van der Waals surface area contributed by atoms with Gasteiger partial charge in [-0.2, -0.15) is 0 Å². The molecule has 3 aliphatic rings. The van der Waals surface area contributed by atoms with Crippen molar-refractivity contribution in [2.45, 2.75) is 69.6 Å². The summed E-state index contributed by atoms with van der Waals surface area (Å²) in [5.74, 6) is 1.45. The molecule has 7 aromatic rings. The molecule has 0 saturated carbocycles. The number of aromatic amines is 3. The number of nitrogens with zero attached hydrogens (tertiary/aromatic N) is 8. The van der Waals surface area contributed by atoms with Gasteiger partial charge in [-0.15, -0.1) is 0 Å².